The normalized spacial score (nSPS) is 11.4. The Morgan fingerprint density at radius 1 is 0.266 bits per heavy atom. The summed E-state index contributed by atoms with van der Waals surface area (Å²) in [5, 5.41) is 7.37. The van der Waals surface area contributed by atoms with Gasteiger partial charge in [0.05, 0.1) is 28.1 Å². The summed E-state index contributed by atoms with van der Waals surface area (Å²) in [7, 11) is 0. The number of benzene rings is 11. The maximum absolute atomic E-state index is 2.48. The summed E-state index contributed by atoms with van der Waals surface area (Å²) in [6.45, 7) is 0. The van der Waals surface area contributed by atoms with Crippen LogP contribution < -0.4 is 4.90 Å². The molecule has 0 aliphatic carbocycles. The van der Waals surface area contributed by atoms with Gasteiger partial charge in [0.15, 0.2) is 0 Å². The Labute approximate surface area is 373 Å². The topological polar surface area (TPSA) is 8.17 Å². The second kappa shape index (κ2) is 15.8. The number of para-hydroxylation sites is 4. The Bertz CT molecular complexity index is 3620. The van der Waals surface area contributed by atoms with Crippen molar-refractivity contribution in [2.45, 2.75) is 0 Å². The molecule has 2 heteroatoms. The number of aromatic nitrogens is 1. The van der Waals surface area contributed by atoms with Crippen molar-refractivity contribution < 1.29 is 0 Å². The first-order valence-corrected chi connectivity index (χ1v) is 22.0. The molecule has 0 saturated heterocycles. The summed E-state index contributed by atoms with van der Waals surface area (Å²) in [5.41, 5.74) is 16.2. The van der Waals surface area contributed by atoms with Crippen LogP contribution in [0.15, 0.2) is 255 Å². The summed E-state index contributed by atoms with van der Waals surface area (Å²) in [6.07, 6.45) is 0. The molecule has 0 N–H and O–H groups in total. The van der Waals surface area contributed by atoms with Crippen molar-refractivity contribution in [3.05, 3.63) is 255 Å². The Hall–Kier alpha value is -8.46. The molecule has 300 valence electrons. The molecule has 0 atom stereocenters. The maximum Gasteiger partial charge on any atom is 0.0541 e. The molecular formula is C62H42N2. The molecule has 64 heavy (non-hydrogen) atoms. The molecule has 0 unspecified atom stereocenters. The van der Waals surface area contributed by atoms with Gasteiger partial charge in [-0.05, 0) is 92.0 Å². The number of fused-ring (bicyclic) bond motifs is 5. The maximum atomic E-state index is 2.48. The minimum Gasteiger partial charge on any atom is -0.309 e. The molecule has 11 aromatic carbocycles. The van der Waals surface area contributed by atoms with Crippen LogP contribution in [0.25, 0.3) is 93.5 Å². The summed E-state index contributed by atoms with van der Waals surface area (Å²) in [6, 6.07) is 92.8. The molecular weight excluding hydrogens is 773 g/mol. The van der Waals surface area contributed by atoms with Gasteiger partial charge in [0, 0.05) is 33.0 Å². The minimum absolute atomic E-state index is 1.07. The number of nitrogens with zero attached hydrogens (tertiary/aromatic N) is 2. The summed E-state index contributed by atoms with van der Waals surface area (Å²) in [4.78, 5) is 2.48. The average Bonchev–Trinajstić information content (AvgIpc) is 3.71. The summed E-state index contributed by atoms with van der Waals surface area (Å²) >= 11 is 0. The Morgan fingerprint density at radius 2 is 0.766 bits per heavy atom. The molecule has 0 radical (unpaired) electrons. The molecule has 1 aromatic heterocycles. The van der Waals surface area contributed by atoms with E-state index in [1.807, 2.05) is 0 Å². The van der Waals surface area contributed by atoms with Crippen molar-refractivity contribution in [1.29, 1.82) is 0 Å². The number of hydrogen-bond acceptors (Lipinski definition) is 1. The number of anilines is 3. The first-order chi connectivity index (χ1) is 31.8. The molecule has 0 aliphatic rings. The van der Waals surface area contributed by atoms with E-state index in [0.717, 1.165) is 39.4 Å². The molecule has 0 saturated carbocycles. The first kappa shape index (κ1) is 37.3. The van der Waals surface area contributed by atoms with Crippen LogP contribution in [0.3, 0.4) is 0 Å². The Balaban J connectivity index is 1.12. The quantitative estimate of drug-likeness (QED) is 0.148. The molecule has 2 nitrogen and oxygen atoms in total. The minimum atomic E-state index is 1.07. The SMILES string of the molecule is c1ccc(-c2cc(N(c3ccccc3-c3ccccc3)c3ccc(-c4cccc5ccccc45)c4ccccc34)ccc2-c2ccccc2-n2c3ccccc3c3ccccc32)cc1. The van der Waals surface area contributed by atoms with E-state index in [1.165, 1.54) is 71.2 Å². The van der Waals surface area contributed by atoms with Crippen LogP contribution in [0.2, 0.25) is 0 Å². The second-order valence-corrected chi connectivity index (χ2v) is 16.4. The van der Waals surface area contributed by atoms with Crippen LogP contribution in [-0.4, -0.2) is 4.57 Å². The third-order valence-corrected chi connectivity index (χ3v) is 12.8. The van der Waals surface area contributed by atoms with E-state index in [9.17, 15) is 0 Å². The van der Waals surface area contributed by atoms with Gasteiger partial charge >= 0.3 is 0 Å². The van der Waals surface area contributed by atoms with Gasteiger partial charge in [-0.15, -0.1) is 0 Å². The van der Waals surface area contributed by atoms with Gasteiger partial charge in [-0.2, -0.15) is 0 Å². The van der Waals surface area contributed by atoms with Crippen molar-refractivity contribution >= 4 is 60.4 Å². The number of rotatable bonds is 8. The van der Waals surface area contributed by atoms with Crippen molar-refractivity contribution in [2.75, 3.05) is 4.90 Å². The van der Waals surface area contributed by atoms with Crippen LogP contribution in [-0.2, 0) is 0 Å². The van der Waals surface area contributed by atoms with E-state index in [0.29, 0.717) is 0 Å². The van der Waals surface area contributed by atoms with Crippen molar-refractivity contribution in [3.63, 3.8) is 0 Å². The van der Waals surface area contributed by atoms with Crippen LogP contribution in [0, 0.1) is 0 Å². The third-order valence-electron chi connectivity index (χ3n) is 12.8. The fourth-order valence-electron chi connectivity index (χ4n) is 9.95. The molecule has 0 spiro atoms. The van der Waals surface area contributed by atoms with E-state index in [1.54, 1.807) is 0 Å². The molecule has 1 heterocycles. The zero-order valence-electron chi connectivity index (χ0n) is 35.1. The Morgan fingerprint density at radius 3 is 1.50 bits per heavy atom. The van der Waals surface area contributed by atoms with Gasteiger partial charge in [-0.1, -0.05) is 212 Å². The Kier molecular flexibility index (Phi) is 9.20. The highest BCUT2D eigenvalue weighted by Crippen LogP contribution is 2.48. The van der Waals surface area contributed by atoms with Crippen molar-refractivity contribution in [3.8, 4) is 50.2 Å². The third kappa shape index (κ3) is 6.27. The zero-order valence-corrected chi connectivity index (χ0v) is 35.1. The summed E-state index contributed by atoms with van der Waals surface area (Å²) in [5.74, 6) is 0. The molecule has 0 bridgehead atoms. The fraction of sp³-hybridized carbons (Fsp3) is 0. The predicted octanol–water partition coefficient (Wildman–Crippen LogP) is 17.2. The van der Waals surface area contributed by atoms with Crippen LogP contribution >= 0.6 is 0 Å². The van der Waals surface area contributed by atoms with E-state index in [-0.39, 0.29) is 0 Å². The summed E-state index contributed by atoms with van der Waals surface area (Å²) < 4.78 is 2.44. The largest absolute Gasteiger partial charge is 0.309 e. The molecule has 0 aliphatic heterocycles. The molecule has 0 amide bonds. The van der Waals surface area contributed by atoms with Gasteiger partial charge in [0.2, 0.25) is 0 Å². The smallest absolute Gasteiger partial charge is 0.0541 e. The lowest BCUT2D eigenvalue weighted by Crippen LogP contribution is -2.12. The van der Waals surface area contributed by atoms with E-state index < -0.39 is 0 Å². The van der Waals surface area contributed by atoms with E-state index >= 15 is 0 Å². The van der Waals surface area contributed by atoms with E-state index in [4.69, 9.17) is 0 Å². The highest BCUT2D eigenvalue weighted by Gasteiger charge is 2.24. The van der Waals surface area contributed by atoms with Gasteiger partial charge in [0.25, 0.3) is 0 Å². The zero-order chi connectivity index (χ0) is 42.4. The second-order valence-electron chi connectivity index (χ2n) is 16.4. The van der Waals surface area contributed by atoms with Crippen molar-refractivity contribution in [1.82, 2.24) is 4.57 Å². The molecule has 12 aromatic rings. The van der Waals surface area contributed by atoms with E-state index in [2.05, 4.69) is 264 Å². The van der Waals surface area contributed by atoms with Crippen molar-refractivity contribution in [2.24, 2.45) is 0 Å². The van der Waals surface area contributed by atoms with Crippen LogP contribution in [0.5, 0.6) is 0 Å². The lowest BCUT2D eigenvalue weighted by molar-refractivity contribution is 1.18. The highest BCUT2D eigenvalue weighted by molar-refractivity contribution is 6.12. The highest BCUT2D eigenvalue weighted by atomic mass is 15.1. The van der Waals surface area contributed by atoms with Crippen LogP contribution in [0.4, 0.5) is 17.1 Å². The number of hydrogen-bond donors (Lipinski definition) is 0. The first-order valence-electron chi connectivity index (χ1n) is 22.0. The van der Waals surface area contributed by atoms with Crippen LogP contribution in [0.1, 0.15) is 0 Å². The lowest BCUT2D eigenvalue weighted by atomic mass is 9.91. The van der Waals surface area contributed by atoms with Gasteiger partial charge < -0.3 is 9.47 Å². The molecule has 0 fully saturated rings. The predicted molar refractivity (Wildman–Crippen MR) is 272 cm³/mol. The standard InChI is InChI=1S/C62H42N2/c1-3-20-44(21-4-1)48-27-11-15-34-58(48)63(62-41-40-51(50-28-9-10-29-53(50)62)49-33-19-25-43-24-7-8-26-47(43)49)46-38-39-52(57(42-46)45-22-5-2-6-23-45)54-30-12-16-35-59(54)64-60-36-17-13-31-55(60)56-32-14-18-37-61(56)64/h1-42H. The average molecular weight is 815 g/mol. The van der Waals surface area contributed by atoms with Gasteiger partial charge in [-0.3, -0.25) is 0 Å². The fourth-order valence-corrected chi connectivity index (χ4v) is 9.95. The lowest BCUT2D eigenvalue weighted by Gasteiger charge is -2.30. The molecule has 12 rings (SSSR count). The monoisotopic (exact) mass is 814 g/mol. The van der Waals surface area contributed by atoms with Gasteiger partial charge in [-0.25, -0.2) is 0 Å². The van der Waals surface area contributed by atoms with Gasteiger partial charge in [0.1, 0.15) is 0 Å².